The summed E-state index contributed by atoms with van der Waals surface area (Å²) in [6, 6.07) is 10.3. The highest BCUT2D eigenvalue weighted by Crippen LogP contribution is 2.43. The molecule has 0 aliphatic heterocycles. The number of pyridine rings is 1. The second-order valence-corrected chi connectivity index (χ2v) is 10.2. The van der Waals surface area contributed by atoms with Crippen LogP contribution in [0.1, 0.15) is 52.8 Å². The van der Waals surface area contributed by atoms with Crippen molar-refractivity contribution in [1.82, 2.24) is 4.98 Å². The summed E-state index contributed by atoms with van der Waals surface area (Å²) in [4.78, 5) is 4.55. The molecule has 21 heavy (non-hydrogen) atoms. The number of rotatable bonds is 0. The lowest BCUT2D eigenvalue weighted by molar-refractivity contribution is 1.19. The van der Waals surface area contributed by atoms with Gasteiger partial charge in [-0.2, -0.15) is 0 Å². The van der Waals surface area contributed by atoms with Gasteiger partial charge in [-0.1, -0.05) is 107 Å². The molecule has 0 aliphatic carbocycles. The van der Waals surface area contributed by atoms with Crippen molar-refractivity contribution in [3.8, 4) is 0 Å². The third-order valence-electron chi connectivity index (χ3n) is 2.14. The Bertz CT molecular complexity index is 505. The number of fused-ring (bicyclic) bond motifs is 1. The standard InChI is InChI=1S/C11H8Br3N.3C2H6/c1-7-2-4-9-8(6-7)3-5-10(15-9)11(12,13)14;3*1-2/h2-6H,1H3;3*1-2H3. The first-order valence-corrected chi connectivity index (χ1v) is 9.79. The van der Waals surface area contributed by atoms with Crippen LogP contribution in [0.25, 0.3) is 10.9 Å². The average Bonchev–Trinajstić information content (AvgIpc) is 2.52. The van der Waals surface area contributed by atoms with E-state index in [1.807, 2.05) is 53.7 Å². The number of aromatic nitrogens is 1. The molecule has 0 radical (unpaired) electrons. The van der Waals surface area contributed by atoms with Crippen LogP contribution in [0.5, 0.6) is 0 Å². The van der Waals surface area contributed by atoms with Crippen LogP contribution < -0.4 is 0 Å². The molecule has 0 unspecified atom stereocenters. The van der Waals surface area contributed by atoms with Crippen molar-refractivity contribution in [2.45, 2.75) is 50.6 Å². The summed E-state index contributed by atoms with van der Waals surface area (Å²) in [5.74, 6) is 0. The number of alkyl halides is 3. The highest BCUT2D eigenvalue weighted by molar-refractivity contribution is 9.38. The van der Waals surface area contributed by atoms with Gasteiger partial charge in [-0.3, -0.25) is 0 Å². The minimum absolute atomic E-state index is 0.438. The van der Waals surface area contributed by atoms with E-state index >= 15 is 0 Å². The predicted molar refractivity (Wildman–Crippen MR) is 109 cm³/mol. The molecule has 120 valence electrons. The molecule has 0 saturated heterocycles. The summed E-state index contributed by atoms with van der Waals surface area (Å²) in [6.45, 7) is 14.1. The van der Waals surface area contributed by atoms with E-state index in [9.17, 15) is 0 Å². The Hall–Kier alpha value is 0.0700. The number of aryl methyl sites for hydroxylation is 1. The van der Waals surface area contributed by atoms with E-state index < -0.39 is 2.14 Å². The fourth-order valence-electron chi connectivity index (χ4n) is 1.40. The van der Waals surface area contributed by atoms with Crippen LogP contribution in [-0.4, -0.2) is 4.98 Å². The molecule has 2 aromatic rings. The first-order valence-electron chi connectivity index (χ1n) is 7.41. The van der Waals surface area contributed by atoms with Gasteiger partial charge in [0.05, 0.1) is 11.2 Å². The molecule has 0 fully saturated rings. The Morgan fingerprint density at radius 1 is 0.810 bits per heavy atom. The van der Waals surface area contributed by atoms with Crippen molar-refractivity contribution >= 4 is 58.7 Å². The molecule has 0 spiro atoms. The lowest BCUT2D eigenvalue weighted by atomic mass is 10.1. The van der Waals surface area contributed by atoms with Gasteiger partial charge in [0.15, 0.2) is 2.14 Å². The fourth-order valence-corrected chi connectivity index (χ4v) is 2.07. The Labute approximate surface area is 155 Å². The number of benzene rings is 1. The van der Waals surface area contributed by atoms with Crippen molar-refractivity contribution in [3.05, 3.63) is 41.6 Å². The van der Waals surface area contributed by atoms with Crippen molar-refractivity contribution < 1.29 is 0 Å². The van der Waals surface area contributed by atoms with Gasteiger partial charge < -0.3 is 0 Å². The molecule has 0 atom stereocenters. The Morgan fingerprint density at radius 2 is 1.33 bits per heavy atom. The third-order valence-corrected chi connectivity index (χ3v) is 3.35. The van der Waals surface area contributed by atoms with Crippen LogP contribution in [0.4, 0.5) is 0 Å². The van der Waals surface area contributed by atoms with E-state index in [-0.39, 0.29) is 0 Å². The highest BCUT2D eigenvalue weighted by Gasteiger charge is 2.22. The van der Waals surface area contributed by atoms with Gasteiger partial charge in [0.2, 0.25) is 0 Å². The smallest absolute Gasteiger partial charge is 0.176 e. The molecule has 4 heteroatoms. The Kier molecular flexibility index (Phi) is 14.0. The molecule has 0 saturated carbocycles. The van der Waals surface area contributed by atoms with Crippen molar-refractivity contribution in [3.63, 3.8) is 0 Å². The van der Waals surface area contributed by atoms with Gasteiger partial charge in [-0.05, 0) is 25.1 Å². The van der Waals surface area contributed by atoms with Gasteiger partial charge in [0.1, 0.15) is 0 Å². The summed E-state index contributed by atoms with van der Waals surface area (Å²) in [7, 11) is 0. The van der Waals surface area contributed by atoms with E-state index in [0.717, 1.165) is 16.6 Å². The van der Waals surface area contributed by atoms with Crippen molar-refractivity contribution in [2.75, 3.05) is 0 Å². The number of hydrogen-bond acceptors (Lipinski definition) is 1. The molecule has 0 aliphatic rings. The van der Waals surface area contributed by atoms with E-state index in [4.69, 9.17) is 0 Å². The quantitative estimate of drug-likeness (QED) is 0.347. The van der Waals surface area contributed by atoms with Gasteiger partial charge >= 0.3 is 0 Å². The number of hydrogen-bond donors (Lipinski definition) is 0. The van der Waals surface area contributed by atoms with Crippen molar-refractivity contribution in [1.29, 1.82) is 0 Å². The van der Waals surface area contributed by atoms with E-state index in [1.165, 1.54) is 5.56 Å². The zero-order valence-electron chi connectivity index (χ0n) is 14.0. The molecule has 1 aromatic carbocycles. The molecule has 0 bridgehead atoms. The summed E-state index contributed by atoms with van der Waals surface area (Å²) >= 11 is 10.4. The van der Waals surface area contributed by atoms with Crippen LogP contribution in [-0.2, 0) is 2.14 Å². The first-order chi connectivity index (χ1) is 9.97. The summed E-state index contributed by atoms with van der Waals surface area (Å²) in [5, 5.41) is 1.16. The molecule has 2 rings (SSSR count). The molecular weight excluding hydrogens is 458 g/mol. The van der Waals surface area contributed by atoms with Gasteiger partial charge in [0.25, 0.3) is 0 Å². The maximum Gasteiger partial charge on any atom is 0.176 e. The van der Waals surface area contributed by atoms with Crippen molar-refractivity contribution in [2.24, 2.45) is 0 Å². The second-order valence-electron chi connectivity index (χ2n) is 3.39. The molecule has 0 amide bonds. The predicted octanol–water partition coefficient (Wildman–Crippen LogP) is 7.92. The zero-order valence-corrected chi connectivity index (χ0v) is 18.7. The monoisotopic (exact) mass is 481 g/mol. The topological polar surface area (TPSA) is 12.9 Å². The van der Waals surface area contributed by atoms with E-state index in [2.05, 4.69) is 77.9 Å². The normalized spacial score (nSPS) is 9.43. The molecule has 1 heterocycles. The summed E-state index contributed by atoms with van der Waals surface area (Å²) in [6.07, 6.45) is 0. The third kappa shape index (κ3) is 8.32. The van der Waals surface area contributed by atoms with Crippen LogP contribution in [0.2, 0.25) is 0 Å². The lowest BCUT2D eigenvalue weighted by Crippen LogP contribution is -2.01. The fraction of sp³-hybridized carbons (Fsp3) is 0.471. The van der Waals surface area contributed by atoms with Gasteiger partial charge in [0, 0.05) is 5.39 Å². The molecular formula is C17H26Br3N. The summed E-state index contributed by atoms with van der Waals surface area (Å²) < 4.78 is -0.438. The van der Waals surface area contributed by atoms with Crippen LogP contribution in [0, 0.1) is 6.92 Å². The maximum atomic E-state index is 4.55. The Balaban J connectivity index is 0. The Morgan fingerprint density at radius 3 is 1.81 bits per heavy atom. The first kappa shape index (κ1) is 23.3. The van der Waals surface area contributed by atoms with Gasteiger partial charge in [-0.25, -0.2) is 4.98 Å². The van der Waals surface area contributed by atoms with E-state index in [1.54, 1.807) is 0 Å². The largest absolute Gasteiger partial charge is 0.249 e. The minimum Gasteiger partial charge on any atom is -0.249 e. The zero-order chi connectivity index (χ0) is 17.1. The van der Waals surface area contributed by atoms with E-state index in [0.29, 0.717) is 0 Å². The molecule has 0 N–H and O–H groups in total. The second kappa shape index (κ2) is 12.6. The number of nitrogens with zero attached hydrogens (tertiary/aromatic N) is 1. The van der Waals surface area contributed by atoms with Crippen LogP contribution in [0.15, 0.2) is 30.3 Å². The van der Waals surface area contributed by atoms with Crippen LogP contribution >= 0.6 is 47.8 Å². The molecule has 1 nitrogen and oxygen atoms in total. The van der Waals surface area contributed by atoms with Gasteiger partial charge in [-0.15, -0.1) is 0 Å². The number of halogens is 3. The molecule has 1 aromatic heterocycles. The lowest BCUT2D eigenvalue weighted by Gasteiger charge is -2.12. The summed E-state index contributed by atoms with van der Waals surface area (Å²) in [5.41, 5.74) is 3.15. The minimum atomic E-state index is -0.438. The SMILES string of the molecule is CC.CC.CC.Cc1ccc2nc(C(Br)(Br)Br)ccc2c1. The van der Waals surface area contributed by atoms with Crippen LogP contribution in [0.3, 0.4) is 0 Å². The highest BCUT2D eigenvalue weighted by atomic mass is 80.0. The maximum absolute atomic E-state index is 4.55. The average molecular weight is 484 g/mol.